The van der Waals surface area contributed by atoms with E-state index in [-0.39, 0.29) is 5.56 Å². The first-order chi connectivity index (χ1) is 6.25. The molecule has 0 aliphatic carbocycles. The predicted octanol–water partition coefficient (Wildman–Crippen LogP) is 1.79. The molecule has 2 heterocycles. The molecule has 0 bridgehead atoms. The van der Waals surface area contributed by atoms with E-state index in [4.69, 9.17) is 4.42 Å². The molecule has 2 rings (SSSR count). The number of aromatic amines is 1. The van der Waals surface area contributed by atoms with Crippen molar-refractivity contribution in [3.63, 3.8) is 0 Å². The van der Waals surface area contributed by atoms with Gasteiger partial charge in [0.15, 0.2) is 10.4 Å². The molecule has 0 amide bonds. The van der Waals surface area contributed by atoms with E-state index in [1.54, 1.807) is 12.1 Å². The minimum atomic E-state index is -0.197. The number of rotatable bonds is 1. The fourth-order valence-corrected chi connectivity index (χ4v) is 1.26. The summed E-state index contributed by atoms with van der Waals surface area (Å²) < 4.78 is 5.84. The van der Waals surface area contributed by atoms with Crippen molar-refractivity contribution in [3.8, 4) is 11.5 Å². The van der Waals surface area contributed by atoms with Gasteiger partial charge in [-0.15, -0.1) is 0 Å². The molecular formula is C8H5BrN2O2. The molecule has 5 heteroatoms. The molecule has 66 valence electrons. The average molecular weight is 241 g/mol. The third-order valence-corrected chi connectivity index (χ3v) is 1.93. The van der Waals surface area contributed by atoms with Crippen molar-refractivity contribution in [2.24, 2.45) is 0 Å². The monoisotopic (exact) mass is 240 g/mol. The van der Waals surface area contributed by atoms with Gasteiger partial charge in [0.25, 0.3) is 5.56 Å². The minimum absolute atomic E-state index is 0.197. The maximum absolute atomic E-state index is 10.9. The van der Waals surface area contributed by atoms with Crippen LogP contribution in [-0.2, 0) is 0 Å². The summed E-state index contributed by atoms with van der Waals surface area (Å²) in [6, 6.07) is 4.87. The molecule has 0 unspecified atom stereocenters. The molecule has 1 N–H and O–H groups in total. The number of nitrogens with one attached hydrogen (secondary N) is 1. The normalized spacial score (nSPS) is 10.2. The SMILES string of the molecule is O=c1cc(-c2ccc(Br)o2)nc[nH]1. The first kappa shape index (κ1) is 8.25. The van der Waals surface area contributed by atoms with Crippen molar-refractivity contribution in [1.29, 1.82) is 0 Å². The molecule has 0 spiro atoms. The lowest BCUT2D eigenvalue weighted by Gasteiger charge is -1.92. The third-order valence-electron chi connectivity index (χ3n) is 1.50. The maximum Gasteiger partial charge on any atom is 0.251 e. The van der Waals surface area contributed by atoms with E-state index in [9.17, 15) is 4.79 Å². The lowest BCUT2D eigenvalue weighted by Crippen LogP contribution is -2.03. The maximum atomic E-state index is 10.9. The van der Waals surface area contributed by atoms with Gasteiger partial charge in [-0.1, -0.05) is 0 Å². The Hall–Kier alpha value is -1.36. The van der Waals surface area contributed by atoms with Gasteiger partial charge < -0.3 is 9.40 Å². The van der Waals surface area contributed by atoms with Crippen LogP contribution in [0, 0.1) is 0 Å². The highest BCUT2D eigenvalue weighted by atomic mass is 79.9. The third kappa shape index (κ3) is 1.70. The number of halogens is 1. The van der Waals surface area contributed by atoms with Crippen molar-refractivity contribution in [2.75, 3.05) is 0 Å². The Morgan fingerprint density at radius 2 is 2.31 bits per heavy atom. The largest absolute Gasteiger partial charge is 0.448 e. The van der Waals surface area contributed by atoms with Gasteiger partial charge in [0.05, 0.1) is 6.33 Å². The fraction of sp³-hybridized carbons (Fsp3) is 0. The summed E-state index contributed by atoms with van der Waals surface area (Å²) in [5, 5.41) is 0. The van der Waals surface area contributed by atoms with Crippen LogP contribution >= 0.6 is 15.9 Å². The number of hydrogen-bond acceptors (Lipinski definition) is 3. The van der Waals surface area contributed by atoms with Crippen LogP contribution in [0.1, 0.15) is 0 Å². The fourth-order valence-electron chi connectivity index (χ4n) is 0.955. The van der Waals surface area contributed by atoms with Crippen molar-refractivity contribution < 1.29 is 4.42 Å². The van der Waals surface area contributed by atoms with E-state index in [2.05, 4.69) is 25.9 Å². The number of aromatic nitrogens is 2. The summed E-state index contributed by atoms with van der Waals surface area (Å²) in [5.74, 6) is 0.568. The molecule has 0 aliphatic heterocycles. The molecule has 0 radical (unpaired) electrons. The van der Waals surface area contributed by atoms with E-state index >= 15 is 0 Å². The van der Waals surface area contributed by atoms with E-state index in [1.165, 1.54) is 12.4 Å². The lowest BCUT2D eigenvalue weighted by atomic mass is 10.3. The van der Waals surface area contributed by atoms with Gasteiger partial charge in [0.1, 0.15) is 5.69 Å². The van der Waals surface area contributed by atoms with Gasteiger partial charge in [0, 0.05) is 6.07 Å². The summed E-state index contributed by atoms with van der Waals surface area (Å²) in [6.07, 6.45) is 1.34. The zero-order valence-electron chi connectivity index (χ0n) is 6.45. The highest BCUT2D eigenvalue weighted by Gasteiger charge is 2.03. The Balaban J connectivity index is 2.52. The molecule has 0 saturated carbocycles. The van der Waals surface area contributed by atoms with Gasteiger partial charge in [0.2, 0.25) is 0 Å². The van der Waals surface area contributed by atoms with E-state index < -0.39 is 0 Å². The van der Waals surface area contributed by atoms with Crippen molar-refractivity contribution in [3.05, 3.63) is 39.5 Å². The average Bonchev–Trinajstić information content (AvgIpc) is 2.52. The Bertz CT molecular complexity index is 475. The molecule has 2 aromatic rings. The molecule has 0 saturated heterocycles. The number of nitrogens with zero attached hydrogens (tertiary/aromatic N) is 1. The summed E-state index contributed by atoms with van der Waals surface area (Å²) in [5.41, 5.74) is 0.326. The van der Waals surface area contributed by atoms with Crippen molar-refractivity contribution >= 4 is 15.9 Å². The molecule has 13 heavy (non-hydrogen) atoms. The van der Waals surface area contributed by atoms with Gasteiger partial charge in [-0.25, -0.2) is 4.98 Å². The summed E-state index contributed by atoms with van der Waals surface area (Å²) in [6.45, 7) is 0. The molecular weight excluding hydrogens is 236 g/mol. The van der Waals surface area contributed by atoms with Gasteiger partial charge in [-0.05, 0) is 28.1 Å². The van der Waals surface area contributed by atoms with Crippen LogP contribution in [0.25, 0.3) is 11.5 Å². The van der Waals surface area contributed by atoms with Crippen LogP contribution in [0.3, 0.4) is 0 Å². The minimum Gasteiger partial charge on any atom is -0.448 e. The predicted molar refractivity (Wildman–Crippen MR) is 50.3 cm³/mol. The molecule has 0 atom stereocenters. The zero-order valence-corrected chi connectivity index (χ0v) is 8.04. The Morgan fingerprint density at radius 3 is 2.92 bits per heavy atom. The van der Waals surface area contributed by atoms with Gasteiger partial charge in [-0.2, -0.15) is 0 Å². The first-order valence-electron chi connectivity index (χ1n) is 3.56. The highest BCUT2D eigenvalue weighted by Crippen LogP contribution is 2.21. The van der Waals surface area contributed by atoms with E-state index in [0.29, 0.717) is 16.1 Å². The molecule has 0 aliphatic rings. The lowest BCUT2D eigenvalue weighted by molar-refractivity contribution is 0.553. The summed E-state index contributed by atoms with van der Waals surface area (Å²) in [7, 11) is 0. The summed E-state index contributed by atoms with van der Waals surface area (Å²) in [4.78, 5) is 17.3. The molecule has 4 nitrogen and oxygen atoms in total. The topological polar surface area (TPSA) is 58.9 Å². The summed E-state index contributed by atoms with van der Waals surface area (Å²) >= 11 is 3.17. The first-order valence-corrected chi connectivity index (χ1v) is 4.35. The van der Waals surface area contributed by atoms with Crippen molar-refractivity contribution in [1.82, 2.24) is 9.97 Å². The molecule has 0 aromatic carbocycles. The second-order valence-electron chi connectivity index (χ2n) is 2.40. The van der Waals surface area contributed by atoms with Crippen molar-refractivity contribution in [2.45, 2.75) is 0 Å². The van der Waals surface area contributed by atoms with Gasteiger partial charge >= 0.3 is 0 Å². The van der Waals surface area contributed by atoms with Crippen LogP contribution in [0.5, 0.6) is 0 Å². The van der Waals surface area contributed by atoms with Crippen LogP contribution in [0.2, 0.25) is 0 Å². The zero-order chi connectivity index (χ0) is 9.26. The second-order valence-corrected chi connectivity index (χ2v) is 3.18. The Labute approximate surface area is 81.8 Å². The number of hydrogen-bond donors (Lipinski definition) is 1. The number of furan rings is 1. The van der Waals surface area contributed by atoms with Crippen LogP contribution in [0.15, 0.2) is 38.4 Å². The Kier molecular flexibility index (Phi) is 2.02. The number of H-pyrrole nitrogens is 1. The van der Waals surface area contributed by atoms with Gasteiger partial charge in [-0.3, -0.25) is 4.79 Å². The molecule has 2 aromatic heterocycles. The van der Waals surface area contributed by atoms with E-state index in [1.807, 2.05) is 0 Å². The standard InChI is InChI=1S/C8H5BrN2O2/c9-7-2-1-6(13-7)5-3-8(12)11-4-10-5/h1-4H,(H,10,11,12). The molecule has 0 fully saturated rings. The second kappa shape index (κ2) is 3.18. The van der Waals surface area contributed by atoms with Crippen LogP contribution in [-0.4, -0.2) is 9.97 Å². The van der Waals surface area contributed by atoms with Crippen LogP contribution in [0.4, 0.5) is 0 Å². The highest BCUT2D eigenvalue weighted by molar-refractivity contribution is 9.10. The van der Waals surface area contributed by atoms with E-state index in [0.717, 1.165) is 0 Å². The smallest absolute Gasteiger partial charge is 0.251 e. The van der Waals surface area contributed by atoms with Crippen LogP contribution < -0.4 is 5.56 Å². The Morgan fingerprint density at radius 1 is 1.46 bits per heavy atom. The quantitative estimate of drug-likeness (QED) is 0.827.